The smallest absolute Gasteiger partial charge is 0.375 e. The average Bonchev–Trinajstić information content (AvgIpc) is 2.41. The third kappa shape index (κ3) is 2.91. The van der Waals surface area contributed by atoms with Crippen molar-refractivity contribution in [3.63, 3.8) is 0 Å². The topological polar surface area (TPSA) is 83.5 Å². The van der Waals surface area contributed by atoms with Crippen LogP contribution >= 0.6 is 0 Å². The van der Waals surface area contributed by atoms with Crippen molar-refractivity contribution < 1.29 is 40.1 Å². The second-order valence-corrected chi connectivity index (χ2v) is 8.62. The van der Waals surface area contributed by atoms with Crippen molar-refractivity contribution in [1.29, 1.82) is 0 Å². The first-order valence-electron chi connectivity index (χ1n) is 7.82. The van der Waals surface area contributed by atoms with E-state index in [0.717, 1.165) is 32.1 Å². The standard InChI is InChI=1S/C14H18F4O5S/c15-12(16)11(14(17,18)24(20,21)22)23-13(19)10-8-2-6-1-7(4-8)5-9(10)3-6/h6-12H,1-5H2,(H,20,21,22)/p-1. The van der Waals surface area contributed by atoms with Gasteiger partial charge >= 0.3 is 11.2 Å². The van der Waals surface area contributed by atoms with Crippen LogP contribution in [0.1, 0.15) is 32.1 Å². The largest absolute Gasteiger partial charge is 0.743 e. The summed E-state index contributed by atoms with van der Waals surface area (Å²) >= 11 is 0. The first-order chi connectivity index (χ1) is 11.0. The minimum atomic E-state index is -6.38. The Kier molecular flexibility index (Phi) is 4.35. The molecule has 10 heteroatoms. The zero-order valence-corrected chi connectivity index (χ0v) is 13.4. The molecule has 0 amide bonds. The van der Waals surface area contributed by atoms with Gasteiger partial charge in [0, 0.05) is 0 Å². The number of esters is 1. The Hall–Kier alpha value is -0.900. The van der Waals surface area contributed by atoms with Gasteiger partial charge in [0.25, 0.3) is 6.43 Å². The van der Waals surface area contributed by atoms with Crippen LogP contribution < -0.4 is 0 Å². The van der Waals surface area contributed by atoms with Gasteiger partial charge in [-0.1, -0.05) is 0 Å². The molecule has 1 unspecified atom stereocenters. The molecule has 4 bridgehead atoms. The molecule has 24 heavy (non-hydrogen) atoms. The van der Waals surface area contributed by atoms with E-state index in [2.05, 4.69) is 4.74 Å². The lowest BCUT2D eigenvalue weighted by molar-refractivity contribution is -0.194. The molecule has 138 valence electrons. The summed E-state index contributed by atoms with van der Waals surface area (Å²) in [6.07, 6.45) is -3.59. The Balaban J connectivity index is 1.77. The van der Waals surface area contributed by atoms with Crippen LogP contribution in [-0.2, 0) is 19.6 Å². The van der Waals surface area contributed by atoms with Gasteiger partial charge < -0.3 is 9.29 Å². The van der Waals surface area contributed by atoms with Gasteiger partial charge in [-0.25, -0.2) is 17.2 Å². The highest BCUT2D eigenvalue weighted by atomic mass is 32.2. The Morgan fingerprint density at radius 2 is 1.50 bits per heavy atom. The predicted octanol–water partition coefficient (Wildman–Crippen LogP) is 2.37. The Bertz CT molecular complexity index is 593. The fraction of sp³-hybridized carbons (Fsp3) is 0.929. The predicted molar refractivity (Wildman–Crippen MR) is 71.1 cm³/mol. The number of rotatable bonds is 5. The van der Waals surface area contributed by atoms with E-state index in [-0.39, 0.29) is 11.8 Å². The Labute approximate surface area is 136 Å². The molecule has 4 aliphatic rings. The van der Waals surface area contributed by atoms with E-state index in [0.29, 0.717) is 11.8 Å². The molecule has 5 nitrogen and oxygen atoms in total. The van der Waals surface area contributed by atoms with Crippen LogP contribution in [0.3, 0.4) is 0 Å². The molecule has 1 atom stereocenters. The van der Waals surface area contributed by atoms with Crippen LogP contribution in [0.25, 0.3) is 0 Å². The van der Waals surface area contributed by atoms with Gasteiger partial charge in [-0.3, -0.25) is 4.79 Å². The Morgan fingerprint density at radius 3 is 1.88 bits per heavy atom. The molecular formula is C14H17F4O5S-. The van der Waals surface area contributed by atoms with E-state index in [1.165, 1.54) is 0 Å². The fourth-order valence-corrected chi connectivity index (χ4v) is 5.36. The van der Waals surface area contributed by atoms with E-state index in [4.69, 9.17) is 0 Å². The molecule has 0 radical (unpaired) electrons. The number of hydrogen-bond donors (Lipinski definition) is 0. The quantitative estimate of drug-likeness (QED) is 0.420. The van der Waals surface area contributed by atoms with Gasteiger partial charge in [0.05, 0.1) is 5.92 Å². The highest BCUT2D eigenvalue weighted by molar-refractivity contribution is 7.86. The highest BCUT2D eigenvalue weighted by Gasteiger charge is 2.57. The van der Waals surface area contributed by atoms with Crippen molar-refractivity contribution in [3.8, 4) is 0 Å². The number of ether oxygens (including phenoxy) is 1. The summed E-state index contributed by atoms with van der Waals surface area (Å²) in [4.78, 5) is 12.2. The van der Waals surface area contributed by atoms with Crippen molar-refractivity contribution in [2.24, 2.45) is 29.6 Å². The van der Waals surface area contributed by atoms with Crippen molar-refractivity contribution in [1.82, 2.24) is 0 Å². The van der Waals surface area contributed by atoms with Crippen molar-refractivity contribution >= 4 is 16.1 Å². The molecule has 0 saturated heterocycles. The maximum atomic E-state index is 13.5. The number of carbonyl (C=O) groups is 1. The summed E-state index contributed by atoms with van der Waals surface area (Å²) in [6, 6.07) is 0. The molecular weight excluding hydrogens is 356 g/mol. The van der Waals surface area contributed by atoms with Crippen LogP contribution in [-0.4, -0.2) is 36.7 Å². The highest BCUT2D eigenvalue weighted by Crippen LogP contribution is 2.57. The van der Waals surface area contributed by atoms with Gasteiger partial charge in [-0.2, -0.15) is 8.78 Å². The molecule has 0 heterocycles. The summed E-state index contributed by atoms with van der Waals surface area (Å²) in [5.74, 6) is -1.30. The summed E-state index contributed by atoms with van der Waals surface area (Å²) in [7, 11) is -6.38. The second kappa shape index (κ2) is 5.82. The molecule has 0 aromatic rings. The second-order valence-electron chi connectivity index (χ2n) is 7.16. The number of halogens is 4. The van der Waals surface area contributed by atoms with Crippen LogP contribution in [0.5, 0.6) is 0 Å². The molecule has 4 fully saturated rings. The molecule has 0 aromatic carbocycles. The van der Waals surface area contributed by atoms with E-state index in [1.54, 1.807) is 0 Å². The average molecular weight is 373 g/mol. The number of carbonyl (C=O) groups excluding carboxylic acids is 1. The first-order valence-corrected chi connectivity index (χ1v) is 9.23. The summed E-state index contributed by atoms with van der Waals surface area (Å²) in [6.45, 7) is 0. The molecule has 0 N–H and O–H groups in total. The van der Waals surface area contributed by atoms with Crippen LogP contribution in [0, 0.1) is 29.6 Å². The molecule has 4 aliphatic carbocycles. The molecule has 0 aliphatic heterocycles. The van der Waals surface area contributed by atoms with Crippen LogP contribution in [0.15, 0.2) is 0 Å². The molecule has 0 spiro atoms. The third-order valence-electron chi connectivity index (χ3n) is 5.64. The monoisotopic (exact) mass is 373 g/mol. The van der Waals surface area contributed by atoms with E-state index < -0.39 is 39.8 Å². The number of hydrogen-bond acceptors (Lipinski definition) is 5. The van der Waals surface area contributed by atoms with Gasteiger partial charge in [0.1, 0.15) is 0 Å². The summed E-state index contributed by atoms with van der Waals surface area (Å²) in [5, 5.41) is -5.37. The van der Waals surface area contributed by atoms with Crippen LogP contribution in [0.4, 0.5) is 17.6 Å². The van der Waals surface area contributed by atoms with Crippen molar-refractivity contribution in [2.45, 2.75) is 49.9 Å². The van der Waals surface area contributed by atoms with Gasteiger partial charge in [0.2, 0.25) is 6.10 Å². The lowest BCUT2D eigenvalue weighted by atomic mass is 9.52. The Morgan fingerprint density at radius 1 is 1.04 bits per heavy atom. The van der Waals surface area contributed by atoms with E-state index in [1.807, 2.05) is 0 Å². The van der Waals surface area contributed by atoms with Gasteiger partial charge in [0.15, 0.2) is 10.1 Å². The fourth-order valence-electron chi connectivity index (χ4n) is 4.92. The SMILES string of the molecule is O=C(OC(C(F)F)C(F)(F)S(=O)(=O)[O-])C1C2CC3CC(C2)CC1C3. The maximum absolute atomic E-state index is 13.5. The van der Waals surface area contributed by atoms with Crippen molar-refractivity contribution in [2.75, 3.05) is 0 Å². The third-order valence-corrected chi connectivity index (χ3v) is 6.53. The first kappa shape index (κ1) is 17.9. The molecule has 4 rings (SSSR count). The lowest BCUT2D eigenvalue weighted by Crippen LogP contribution is -2.52. The van der Waals surface area contributed by atoms with E-state index >= 15 is 0 Å². The zero-order chi connectivity index (χ0) is 17.9. The summed E-state index contributed by atoms with van der Waals surface area (Å²) < 4.78 is 88.6. The normalized spacial score (nSPS) is 36.8. The minimum Gasteiger partial charge on any atom is -0.743 e. The van der Waals surface area contributed by atoms with E-state index in [9.17, 15) is 35.3 Å². The van der Waals surface area contributed by atoms with Crippen LogP contribution in [0.2, 0.25) is 0 Å². The summed E-state index contributed by atoms with van der Waals surface area (Å²) in [5.41, 5.74) is 0. The molecule has 4 saturated carbocycles. The lowest BCUT2D eigenvalue weighted by Gasteiger charge is -2.53. The van der Waals surface area contributed by atoms with Gasteiger partial charge in [-0.05, 0) is 55.8 Å². The van der Waals surface area contributed by atoms with Gasteiger partial charge in [-0.15, -0.1) is 0 Å². The van der Waals surface area contributed by atoms with Crippen molar-refractivity contribution in [3.05, 3.63) is 0 Å². The maximum Gasteiger partial charge on any atom is 0.375 e. The zero-order valence-electron chi connectivity index (χ0n) is 12.5. The number of alkyl halides is 4. The minimum absolute atomic E-state index is 0.107. The molecule has 0 aromatic heterocycles.